The average molecular weight is 397 g/mol. The lowest BCUT2D eigenvalue weighted by Gasteiger charge is -2.09. The van der Waals surface area contributed by atoms with E-state index in [4.69, 9.17) is 9.47 Å². The van der Waals surface area contributed by atoms with Crippen LogP contribution >= 0.6 is 11.3 Å². The molecular formula is C22H24N2O3S. The first-order valence-electron chi connectivity index (χ1n) is 9.37. The van der Waals surface area contributed by atoms with Crippen LogP contribution in [0.25, 0.3) is 16.3 Å². The number of rotatable bonds is 8. The number of nitrogens with zero attached hydrogens (tertiary/aromatic N) is 2. The monoisotopic (exact) mass is 396 g/mol. The third-order valence-electron chi connectivity index (χ3n) is 4.05. The largest absolute Gasteiger partial charge is 0.492 e. The van der Waals surface area contributed by atoms with E-state index in [2.05, 4.69) is 4.99 Å². The zero-order valence-electron chi connectivity index (χ0n) is 16.1. The highest BCUT2D eigenvalue weighted by Crippen LogP contribution is 2.27. The number of amides is 1. The summed E-state index contributed by atoms with van der Waals surface area (Å²) in [6.45, 7) is 6.29. The number of ether oxygens (including phenoxy) is 2. The fourth-order valence-electron chi connectivity index (χ4n) is 2.83. The molecule has 0 bridgehead atoms. The molecule has 0 aliphatic rings. The standard InChI is InChI=1S/C22H24N2O3S/c1-3-26-16-15-24-21-18(27-4-2)11-8-12-19(21)28-22(24)23-20(25)14-13-17-9-6-5-7-10-17/h5-14H,3-4,15-16H2,1-2H3. The molecule has 0 spiro atoms. The molecule has 0 radical (unpaired) electrons. The summed E-state index contributed by atoms with van der Waals surface area (Å²) in [5, 5.41) is 0. The molecule has 0 unspecified atom stereocenters. The van der Waals surface area contributed by atoms with Crippen LogP contribution in [-0.4, -0.2) is 30.3 Å². The normalized spacial score (nSPS) is 12.1. The Labute approximate surface area is 168 Å². The summed E-state index contributed by atoms with van der Waals surface area (Å²) in [6, 6.07) is 15.6. The average Bonchev–Trinajstić information content (AvgIpc) is 3.06. The van der Waals surface area contributed by atoms with E-state index in [9.17, 15) is 4.79 Å². The zero-order chi connectivity index (χ0) is 19.8. The fourth-order valence-corrected chi connectivity index (χ4v) is 3.90. The van der Waals surface area contributed by atoms with E-state index >= 15 is 0 Å². The first-order chi connectivity index (χ1) is 13.7. The van der Waals surface area contributed by atoms with Gasteiger partial charge in [-0.25, -0.2) is 0 Å². The SMILES string of the molecule is CCOCCn1c(=NC(=O)C=Cc2ccccc2)sc2cccc(OCC)c21. The van der Waals surface area contributed by atoms with Crippen molar-refractivity contribution in [3.8, 4) is 5.75 Å². The summed E-state index contributed by atoms with van der Waals surface area (Å²) in [5.74, 6) is 0.500. The van der Waals surface area contributed by atoms with Gasteiger partial charge in [0.05, 0.1) is 17.9 Å². The van der Waals surface area contributed by atoms with Crippen molar-refractivity contribution in [2.75, 3.05) is 19.8 Å². The van der Waals surface area contributed by atoms with Crippen LogP contribution in [0, 0.1) is 0 Å². The second-order valence-electron chi connectivity index (χ2n) is 5.96. The minimum absolute atomic E-state index is 0.293. The van der Waals surface area contributed by atoms with Crippen LogP contribution in [0.1, 0.15) is 19.4 Å². The zero-order valence-corrected chi connectivity index (χ0v) is 16.9. The third kappa shape index (κ3) is 4.97. The highest BCUT2D eigenvalue weighted by Gasteiger charge is 2.12. The Balaban J connectivity index is 1.99. The van der Waals surface area contributed by atoms with Gasteiger partial charge < -0.3 is 14.0 Å². The summed E-state index contributed by atoms with van der Waals surface area (Å²) in [5.41, 5.74) is 1.91. The molecule has 0 aliphatic carbocycles. The fraction of sp³-hybridized carbons (Fsp3) is 0.273. The minimum Gasteiger partial charge on any atom is -0.492 e. The Hall–Kier alpha value is -2.70. The molecule has 1 heterocycles. The maximum absolute atomic E-state index is 12.4. The van der Waals surface area contributed by atoms with Crippen molar-refractivity contribution in [3.05, 3.63) is 65.0 Å². The summed E-state index contributed by atoms with van der Waals surface area (Å²) >= 11 is 1.48. The molecule has 1 amide bonds. The van der Waals surface area contributed by atoms with Crippen molar-refractivity contribution in [1.29, 1.82) is 0 Å². The Morgan fingerprint density at radius 3 is 2.68 bits per heavy atom. The van der Waals surface area contributed by atoms with Crippen LogP contribution in [0.5, 0.6) is 5.75 Å². The van der Waals surface area contributed by atoms with Gasteiger partial charge in [0.25, 0.3) is 5.91 Å². The Morgan fingerprint density at radius 1 is 1.11 bits per heavy atom. The predicted molar refractivity (Wildman–Crippen MR) is 114 cm³/mol. The van der Waals surface area contributed by atoms with Crippen molar-refractivity contribution in [1.82, 2.24) is 4.57 Å². The molecule has 28 heavy (non-hydrogen) atoms. The third-order valence-corrected chi connectivity index (χ3v) is 5.09. The second kappa shape index (κ2) is 10.0. The quantitative estimate of drug-likeness (QED) is 0.422. The van der Waals surface area contributed by atoms with Gasteiger partial charge in [-0.3, -0.25) is 4.79 Å². The lowest BCUT2D eigenvalue weighted by atomic mass is 10.2. The lowest BCUT2D eigenvalue weighted by molar-refractivity contribution is -0.113. The number of carbonyl (C=O) groups is 1. The smallest absolute Gasteiger partial charge is 0.272 e. The van der Waals surface area contributed by atoms with Gasteiger partial charge in [-0.2, -0.15) is 4.99 Å². The van der Waals surface area contributed by atoms with E-state index < -0.39 is 0 Å². The van der Waals surface area contributed by atoms with Gasteiger partial charge in [0, 0.05) is 19.2 Å². The van der Waals surface area contributed by atoms with Crippen molar-refractivity contribution in [2.24, 2.45) is 4.99 Å². The van der Waals surface area contributed by atoms with Crippen LogP contribution in [0.3, 0.4) is 0 Å². The first-order valence-corrected chi connectivity index (χ1v) is 10.2. The first kappa shape index (κ1) is 20.0. The van der Waals surface area contributed by atoms with Crippen molar-refractivity contribution in [2.45, 2.75) is 20.4 Å². The molecule has 1 aromatic heterocycles. The summed E-state index contributed by atoms with van der Waals surface area (Å²) < 4.78 is 14.4. The molecule has 0 N–H and O–H groups in total. The lowest BCUT2D eigenvalue weighted by Crippen LogP contribution is -2.19. The summed E-state index contributed by atoms with van der Waals surface area (Å²) in [6.07, 6.45) is 3.27. The molecule has 0 fully saturated rings. The number of carbonyl (C=O) groups excluding carboxylic acids is 1. The Bertz CT molecular complexity index is 1020. The highest BCUT2D eigenvalue weighted by atomic mass is 32.1. The molecule has 0 aliphatic heterocycles. The van der Waals surface area contributed by atoms with Gasteiger partial charge in [0.1, 0.15) is 11.3 Å². The van der Waals surface area contributed by atoms with Crippen LogP contribution < -0.4 is 9.54 Å². The maximum Gasteiger partial charge on any atom is 0.272 e. The number of hydrogen-bond acceptors (Lipinski definition) is 4. The molecule has 0 atom stereocenters. The summed E-state index contributed by atoms with van der Waals surface area (Å²) in [4.78, 5) is 17.4. The number of benzene rings is 2. The number of hydrogen-bond donors (Lipinski definition) is 0. The van der Waals surface area contributed by atoms with Gasteiger partial charge in [-0.1, -0.05) is 47.7 Å². The van der Waals surface area contributed by atoms with Crippen LogP contribution in [-0.2, 0) is 16.1 Å². The Morgan fingerprint density at radius 2 is 1.93 bits per heavy atom. The molecule has 3 rings (SSSR count). The van der Waals surface area contributed by atoms with E-state index in [0.29, 0.717) is 31.2 Å². The number of thiazole rings is 1. The molecule has 146 valence electrons. The van der Waals surface area contributed by atoms with Gasteiger partial charge in [-0.15, -0.1) is 0 Å². The molecule has 6 heteroatoms. The number of para-hydroxylation sites is 1. The van der Waals surface area contributed by atoms with E-state index in [1.54, 1.807) is 6.08 Å². The van der Waals surface area contributed by atoms with Gasteiger partial charge in [0.15, 0.2) is 4.80 Å². The summed E-state index contributed by atoms with van der Waals surface area (Å²) in [7, 11) is 0. The van der Waals surface area contributed by atoms with Gasteiger partial charge in [0.2, 0.25) is 0 Å². The molecule has 0 saturated carbocycles. The number of fused-ring (bicyclic) bond motifs is 1. The highest BCUT2D eigenvalue weighted by molar-refractivity contribution is 7.16. The van der Waals surface area contributed by atoms with E-state index in [1.807, 2.05) is 66.9 Å². The van der Waals surface area contributed by atoms with Crippen molar-refractivity contribution < 1.29 is 14.3 Å². The van der Waals surface area contributed by atoms with E-state index in [-0.39, 0.29) is 5.91 Å². The van der Waals surface area contributed by atoms with Gasteiger partial charge >= 0.3 is 0 Å². The van der Waals surface area contributed by atoms with Crippen molar-refractivity contribution >= 4 is 33.5 Å². The van der Waals surface area contributed by atoms with Gasteiger partial charge in [-0.05, 0) is 37.6 Å². The van der Waals surface area contributed by atoms with Crippen LogP contribution in [0.15, 0.2) is 59.6 Å². The molecule has 5 nitrogen and oxygen atoms in total. The van der Waals surface area contributed by atoms with E-state index in [0.717, 1.165) is 21.5 Å². The number of aromatic nitrogens is 1. The van der Waals surface area contributed by atoms with Crippen LogP contribution in [0.4, 0.5) is 0 Å². The van der Waals surface area contributed by atoms with Crippen LogP contribution in [0.2, 0.25) is 0 Å². The minimum atomic E-state index is -0.293. The van der Waals surface area contributed by atoms with Crippen molar-refractivity contribution in [3.63, 3.8) is 0 Å². The second-order valence-corrected chi connectivity index (χ2v) is 6.97. The maximum atomic E-state index is 12.4. The molecule has 3 aromatic rings. The molecule has 0 saturated heterocycles. The topological polar surface area (TPSA) is 52.8 Å². The Kier molecular flexibility index (Phi) is 7.17. The van der Waals surface area contributed by atoms with E-state index in [1.165, 1.54) is 17.4 Å². The predicted octanol–water partition coefficient (Wildman–Crippen LogP) is 4.28. The molecular weight excluding hydrogens is 372 g/mol. The molecule has 2 aromatic carbocycles.